The molecule has 0 aliphatic heterocycles. The molecule has 0 atom stereocenters. The maximum absolute atomic E-state index is 12.8. The van der Waals surface area contributed by atoms with Crippen LogP contribution in [0.25, 0.3) is 16.6 Å². The number of nitrogens with zero attached hydrogens (tertiary/aromatic N) is 8. The van der Waals surface area contributed by atoms with E-state index < -0.39 is 78.2 Å². The van der Waals surface area contributed by atoms with Gasteiger partial charge in [0.1, 0.15) is 11.1 Å². The molecule has 8 heterocycles. The van der Waals surface area contributed by atoms with Crippen LogP contribution in [0.4, 0.5) is 26.3 Å². The number of Topliss-reactive ketones (excluding diaryl/α,β-unsaturated/α-hetero) is 1. The van der Waals surface area contributed by atoms with E-state index in [9.17, 15) is 45.5 Å². The van der Waals surface area contributed by atoms with Crippen molar-refractivity contribution in [1.29, 1.82) is 0 Å². The number of nitrogens with two attached hydrogens (primary N) is 1. The van der Waals surface area contributed by atoms with Crippen LogP contribution in [-0.2, 0) is 49.3 Å². The smallest absolute Gasteiger partial charge is 1.00 e. The van der Waals surface area contributed by atoms with Crippen molar-refractivity contribution < 1.29 is 201 Å². The number of aromatic nitrogens is 8. The van der Waals surface area contributed by atoms with Crippen LogP contribution in [0.2, 0.25) is 0 Å². The summed E-state index contributed by atoms with van der Waals surface area (Å²) in [6, 6.07) is 11.8. The third-order valence-electron chi connectivity index (χ3n) is 11.3. The number of aromatic carboxylic acids is 1. The van der Waals surface area contributed by atoms with Gasteiger partial charge in [0.15, 0.2) is 5.78 Å². The van der Waals surface area contributed by atoms with Crippen molar-refractivity contribution in [1.82, 2.24) is 38.8 Å². The van der Waals surface area contributed by atoms with E-state index >= 15 is 0 Å². The molecule has 27 heteroatoms. The molecule has 488 valence electrons. The van der Waals surface area contributed by atoms with Gasteiger partial charge in [-0.3, -0.25) is 19.6 Å². The number of halogens is 6. The Morgan fingerprint density at radius 3 is 1.39 bits per heavy atom. The van der Waals surface area contributed by atoms with Gasteiger partial charge >= 0.3 is 133 Å². The average Bonchev–Trinajstić information content (AvgIpc) is 1.62. The van der Waals surface area contributed by atoms with Gasteiger partial charge in [-0.25, -0.2) is 27.9 Å². The number of aryl methyl sites for hydroxylation is 5. The van der Waals surface area contributed by atoms with Crippen molar-refractivity contribution in [3.8, 4) is 12.3 Å². The summed E-state index contributed by atoms with van der Waals surface area (Å²) in [6.45, 7) is 12.8. The van der Waals surface area contributed by atoms with Crippen LogP contribution in [-0.4, -0.2) is 87.3 Å². The number of carboxylic acids is 1. The molecule has 10 aromatic rings. The molecule has 94 heavy (non-hydrogen) atoms. The molecule has 0 aliphatic carbocycles. The second kappa shape index (κ2) is 42.9. The Labute approximate surface area is 649 Å². The van der Waals surface area contributed by atoms with Gasteiger partial charge in [0.2, 0.25) is 0 Å². The fraction of sp³-hybridized carbons (Fsp3) is 0.254. The van der Waals surface area contributed by atoms with E-state index in [1.807, 2.05) is 19.1 Å². The zero-order valence-electron chi connectivity index (χ0n) is 69.7. The van der Waals surface area contributed by atoms with Crippen molar-refractivity contribution in [2.45, 2.75) is 101 Å². The van der Waals surface area contributed by atoms with E-state index in [0.717, 1.165) is 37.8 Å². The van der Waals surface area contributed by atoms with Crippen LogP contribution in [0.3, 0.4) is 0 Å². The quantitative estimate of drug-likeness (QED) is 0.0177. The Morgan fingerprint density at radius 2 is 1.04 bits per heavy atom. The van der Waals surface area contributed by atoms with Gasteiger partial charge in [-0.15, -0.1) is 6.42 Å². The summed E-state index contributed by atoms with van der Waals surface area (Å²) >= 11 is 0. The second-order valence-corrected chi connectivity index (χ2v) is 18.2. The first-order valence-corrected chi connectivity index (χ1v) is 26.7. The summed E-state index contributed by atoms with van der Waals surface area (Å²) in [5.41, 5.74) is 8.55. The third-order valence-corrected chi connectivity index (χ3v) is 11.3. The van der Waals surface area contributed by atoms with Crippen LogP contribution in [0.15, 0.2) is 152 Å². The van der Waals surface area contributed by atoms with Gasteiger partial charge < -0.3 is 31.9 Å². The third kappa shape index (κ3) is 28.7. The zero-order chi connectivity index (χ0) is 82.5. The molecule has 0 spiro atoms. The summed E-state index contributed by atoms with van der Waals surface area (Å²) in [4.78, 5) is 64.1. The van der Waals surface area contributed by atoms with Crippen LogP contribution >= 0.6 is 0 Å². The first-order chi connectivity index (χ1) is 50.2. The topological polar surface area (TPSA) is 260 Å². The molecule has 0 fully saturated rings. The predicted octanol–water partition coefficient (Wildman–Crippen LogP) is 6.24. The number of carbonyl (C=O) groups excluding carboxylic acids is 4. The minimum absolute atomic E-state index is 0. The van der Waals surface area contributed by atoms with Crippen molar-refractivity contribution in [2.24, 2.45) is 5.73 Å². The molecule has 2 aromatic carbocycles. The largest absolute Gasteiger partial charge is 1.00 e. The molecule has 10 rings (SSSR count). The fourth-order valence-corrected chi connectivity index (χ4v) is 7.14. The van der Waals surface area contributed by atoms with Crippen LogP contribution in [0.5, 0.6) is 0 Å². The standard InChI is InChI=1S/C19H17F3N2O.C12H14N2O2.C10H10N2O2.C8H8F3N.2C6H7N.C5H6O2.CH2O3.2K.H/c1-12-9-10-24-16(11-12)18(13(2)23-24)17(25)8-5-14-3-6-15(7-4-14)19(20,21)22;1-4-16-12(15)11-9(3)13-14-6-5-8(2)7-10(11)14;1-6-3-4-12-8(5-6)9(10(13)14)7(2)11-12;9-8(10,11)7-3-1-6(5-12)2-4-7;2*1-6-2-4-7-5-3-6;1-3-5(6)7-4-2;2-1-4-3;;;/h3-4,6-7,9-11H,5,8H2,1-2H3;5-7H,4H2,1-3H3;3-5H,1-2H3,(H,13,14);1-4H,5,12H2;2*2-5H,1H3;1H,4H2,2H3;1,3H;;;/q;;;;;;;;2*+1;-1/p-1/i9D,10D,11D;5D,6D,7D;3D,4D,5D;;1D3,2D,3D,4D,5D;;;;;;. The fourth-order valence-electron chi connectivity index (χ4n) is 7.14. The monoisotopic (exact) mass is 1370 g/mol. The number of rotatable bonds is 10. The number of ketones is 1. The van der Waals surface area contributed by atoms with Gasteiger partial charge in [0, 0.05) is 66.3 Å². The van der Waals surface area contributed by atoms with Crippen LogP contribution in [0.1, 0.15) is 142 Å². The maximum atomic E-state index is 12.8. The summed E-state index contributed by atoms with van der Waals surface area (Å²) in [5, 5.41) is 29.6. The minimum Gasteiger partial charge on any atom is -1.00 e. The Morgan fingerprint density at radius 1 is 0.638 bits per heavy atom. The number of hydrogen-bond donors (Lipinski definition) is 2. The van der Waals surface area contributed by atoms with Gasteiger partial charge in [-0.1, -0.05) is 24.3 Å². The maximum Gasteiger partial charge on any atom is 1.00 e. The molecule has 0 amide bonds. The molecule has 0 aliphatic rings. The van der Waals surface area contributed by atoms with Crippen molar-refractivity contribution in [3.63, 3.8) is 0 Å². The number of pyridine rings is 5. The summed E-state index contributed by atoms with van der Waals surface area (Å²) in [5.74, 6) is -0.832. The molecule has 0 radical (unpaired) electrons. The number of terminal acetylenes is 1. The first-order valence-electron chi connectivity index (χ1n) is 34.7. The molecular weight excluding hydrogens is 1280 g/mol. The zero-order valence-corrected chi connectivity index (χ0v) is 58.9. The molecule has 0 saturated heterocycles. The number of fused-ring (bicyclic) bond motifs is 3. The number of ether oxygens (including phenoxy) is 2. The van der Waals surface area contributed by atoms with Gasteiger partial charge in [-0.2, -0.15) is 41.6 Å². The molecule has 19 nitrogen and oxygen atoms in total. The van der Waals surface area contributed by atoms with Gasteiger partial charge in [-0.05, 0) is 199 Å². The van der Waals surface area contributed by atoms with Crippen LogP contribution in [0, 0.1) is 67.7 Å². The Kier molecular flexibility index (Phi) is 27.6. The molecule has 0 bridgehead atoms. The molecule has 0 saturated carbocycles. The number of esters is 2. The second-order valence-electron chi connectivity index (χ2n) is 18.2. The Bertz CT molecular complexity index is 4920. The minimum atomic E-state index is -4.41. The van der Waals surface area contributed by atoms with Crippen molar-refractivity contribution in [3.05, 3.63) is 236 Å². The Hall–Kier alpha value is -7.31. The van der Waals surface area contributed by atoms with E-state index in [-0.39, 0.29) is 247 Å². The van der Waals surface area contributed by atoms with E-state index in [4.69, 9.17) is 47.6 Å². The number of carboxylic acid groups (broad SMARTS) is 1. The van der Waals surface area contributed by atoms with E-state index in [1.165, 1.54) is 43.7 Å². The van der Waals surface area contributed by atoms with Gasteiger partial charge in [0.25, 0.3) is 6.47 Å². The molecule has 8 aromatic heterocycles. The number of carbonyl (C=O) groups is 5. The normalized spacial score (nSPS) is 12.6. The Balaban J connectivity index is 0.00000131. The SMILES string of the molecule is C#CC(=O)OCC.Cc1ccncc1.NCc1ccc(C(F)(F)F)cc1.O=CO[O-].[2H]c1c(C)c([2H])c2c(C(=O)CCc3ccc(C(F)(F)F)cc3)c(C)nn2c1[2H].[2H]c1c(C)c([2H])c2c(C(=O)O)c(C)nn2c1[2H].[2H]c1c(C)c([2H])c2c(C(=O)OCC)c(C)nn2c1[2H].[2H]c1nc([2H])c([2H])c(C([2H])([2H])[2H])c1[2H].[H-].[K+].[K+]. The van der Waals surface area contributed by atoms with Crippen LogP contribution < -0.4 is 114 Å². The number of benzene rings is 2. The molecule has 0 unspecified atom stereocenters. The van der Waals surface area contributed by atoms with E-state index in [0.29, 0.717) is 34.7 Å². The average molecular weight is 1370 g/mol. The van der Waals surface area contributed by atoms with Gasteiger partial charge in [0.05, 0.1) is 81.4 Å². The molecular formula is C67H71F6K2N9O10. The number of alkyl halides is 6. The summed E-state index contributed by atoms with van der Waals surface area (Å²) in [7, 11) is 0. The first kappa shape index (κ1) is 60.4. The van der Waals surface area contributed by atoms with E-state index in [2.05, 4.69) is 41.3 Å². The van der Waals surface area contributed by atoms with E-state index in [1.54, 1.807) is 59.9 Å². The molecule has 3 N–H and O–H groups in total. The predicted molar refractivity (Wildman–Crippen MR) is 332 cm³/mol. The summed E-state index contributed by atoms with van der Waals surface area (Å²) < 4.78 is 207. The van der Waals surface area contributed by atoms with Crippen molar-refractivity contribution in [2.75, 3.05) is 13.2 Å². The summed E-state index contributed by atoms with van der Waals surface area (Å²) in [6.07, 6.45) is -1.90. The number of hydrogen-bond acceptors (Lipinski definition) is 15. The van der Waals surface area contributed by atoms with Crippen molar-refractivity contribution >= 4 is 46.7 Å².